The second-order valence-corrected chi connectivity index (χ2v) is 4.62. The number of rotatable bonds is 2. The number of benzene rings is 1. The molecule has 0 unspecified atom stereocenters. The lowest BCUT2D eigenvalue weighted by Crippen LogP contribution is -2.32. The van der Waals surface area contributed by atoms with Gasteiger partial charge < -0.3 is 10.6 Å². The first-order valence-corrected chi connectivity index (χ1v) is 6.12. The highest BCUT2D eigenvalue weighted by Gasteiger charge is 2.29. The topological polar surface area (TPSA) is 76.0 Å². The molecule has 1 fully saturated rings. The quantitative estimate of drug-likeness (QED) is 0.777. The van der Waals surface area contributed by atoms with Gasteiger partial charge in [-0.2, -0.15) is 0 Å². The molecule has 1 atom stereocenters. The van der Waals surface area contributed by atoms with Gasteiger partial charge in [-0.3, -0.25) is 14.2 Å². The van der Waals surface area contributed by atoms with Crippen molar-refractivity contribution in [3.8, 4) is 0 Å². The molecule has 6 nitrogen and oxygen atoms in total. The third-order valence-corrected chi connectivity index (χ3v) is 3.18. The van der Waals surface area contributed by atoms with Crippen molar-refractivity contribution in [2.75, 3.05) is 0 Å². The smallest absolute Gasteiger partial charge is 0.249 e. The van der Waals surface area contributed by atoms with E-state index in [1.165, 1.54) is 10.9 Å². The first-order valence-electron chi connectivity index (χ1n) is 5.72. The highest BCUT2D eigenvalue weighted by atomic mass is 32.1. The zero-order chi connectivity index (χ0) is 13.4. The SMILES string of the molecule is O=C1NC(=S)N[C@H]1CC(=O)n1cnc2ccccc21. The third-order valence-electron chi connectivity index (χ3n) is 2.96. The predicted octanol–water partition coefficient (Wildman–Crippen LogP) is 0.439. The first-order chi connectivity index (χ1) is 9.15. The fraction of sp³-hybridized carbons (Fsp3) is 0.167. The van der Waals surface area contributed by atoms with Crippen LogP contribution in [-0.2, 0) is 4.79 Å². The van der Waals surface area contributed by atoms with Gasteiger partial charge in [-0.25, -0.2) is 4.98 Å². The molecular weight excluding hydrogens is 264 g/mol. The summed E-state index contributed by atoms with van der Waals surface area (Å²) in [5, 5.41) is 5.48. The number of fused-ring (bicyclic) bond motifs is 1. The number of thiocarbonyl (C=S) groups is 1. The molecule has 19 heavy (non-hydrogen) atoms. The van der Waals surface area contributed by atoms with E-state index in [1.54, 1.807) is 0 Å². The van der Waals surface area contributed by atoms with Crippen molar-refractivity contribution in [2.45, 2.75) is 12.5 Å². The summed E-state index contributed by atoms with van der Waals surface area (Å²) in [5.41, 5.74) is 1.48. The highest BCUT2D eigenvalue weighted by Crippen LogP contribution is 2.13. The Labute approximate surface area is 113 Å². The van der Waals surface area contributed by atoms with Crippen LogP contribution < -0.4 is 10.6 Å². The summed E-state index contributed by atoms with van der Waals surface area (Å²) in [7, 11) is 0. The van der Waals surface area contributed by atoms with Crippen LogP contribution in [0.3, 0.4) is 0 Å². The number of para-hydroxylation sites is 2. The summed E-state index contributed by atoms with van der Waals surface area (Å²) in [6.07, 6.45) is 1.50. The number of carbonyl (C=O) groups is 2. The van der Waals surface area contributed by atoms with Crippen molar-refractivity contribution in [2.24, 2.45) is 0 Å². The van der Waals surface area contributed by atoms with Crippen LogP contribution in [0.5, 0.6) is 0 Å². The van der Waals surface area contributed by atoms with Crippen molar-refractivity contribution in [1.29, 1.82) is 0 Å². The van der Waals surface area contributed by atoms with Gasteiger partial charge in [-0.15, -0.1) is 0 Å². The Morgan fingerprint density at radius 2 is 2.21 bits per heavy atom. The van der Waals surface area contributed by atoms with Crippen molar-refractivity contribution in [3.05, 3.63) is 30.6 Å². The van der Waals surface area contributed by atoms with Gasteiger partial charge in [-0.1, -0.05) is 12.1 Å². The minimum Gasteiger partial charge on any atom is -0.350 e. The molecule has 0 saturated carbocycles. The number of nitrogens with zero attached hydrogens (tertiary/aromatic N) is 2. The van der Waals surface area contributed by atoms with Crippen LogP contribution >= 0.6 is 12.2 Å². The Hall–Kier alpha value is -2.28. The van der Waals surface area contributed by atoms with E-state index in [4.69, 9.17) is 12.2 Å². The summed E-state index contributed by atoms with van der Waals surface area (Å²) < 4.78 is 1.45. The molecule has 2 aromatic rings. The first kappa shape index (κ1) is 11.8. The number of hydrogen-bond acceptors (Lipinski definition) is 4. The van der Waals surface area contributed by atoms with Crippen molar-refractivity contribution >= 4 is 40.2 Å². The molecule has 96 valence electrons. The summed E-state index contributed by atoms with van der Waals surface area (Å²) in [5.74, 6) is -0.478. The largest absolute Gasteiger partial charge is 0.350 e. The fourth-order valence-corrected chi connectivity index (χ4v) is 2.28. The van der Waals surface area contributed by atoms with E-state index < -0.39 is 6.04 Å². The van der Waals surface area contributed by atoms with Crippen LogP contribution in [0.2, 0.25) is 0 Å². The molecule has 2 N–H and O–H groups in total. The van der Waals surface area contributed by atoms with Crippen molar-refractivity contribution in [3.63, 3.8) is 0 Å². The molecule has 0 spiro atoms. The summed E-state index contributed by atoms with van der Waals surface area (Å²) >= 11 is 4.83. The molecule has 1 aliphatic heterocycles. The highest BCUT2D eigenvalue weighted by molar-refractivity contribution is 7.80. The van der Waals surface area contributed by atoms with Crippen LogP contribution in [0.25, 0.3) is 11.0 Å². The standard InChI is InChI=1S/C12H10N4O2S/c17-10(5-8-11(18)15-12(19)14-8)16-6-13-7-3-1-2-4-9(7)16/h1-4,6,8H,5H2,(H2,14,15,18,19)/t8-/m0/s1. The van der Waals surface area contributed by atoms with Gasteiger partial charge in [0.15, 0.2) is 5.11 Å². The number of hydrogen-bond donors (Lipinski definition) is 2. The molecule has 1 aliphatic rings. The Kier molecular flexibility index (Phi) is 2.75. The van der Waals surface area contributed by atoms with Crippen molar-refractivity contribution < 1.29 is 9.59 Å². The van der Waals surface area contributed by atoms with Crippen LogP contribution in [0.1, 0.15) is 11.2 Å². The van der Waals surface area contributed by atoms with Crippen LogP contribution in [0.4, 0.5) is 0 Å². The number of nitrogens with one attached hydrogen (secondary N) is 2. The molecule has 1 amide bonds. The van der Waals surface area contributed by atoms with E-state index in [0.717, 1.165) is 11.0 Å². The predicted molar refractivity (Wildman–Crippen MR) is 72.6 cm³/mol. The van der Waals surface area contributed by atoms with Crippen LogP contribution in [-0.4, -0.2) is 32.5 Å². The Morgan fingerprint density at radius 3 is 2.95 bits per heavy atom. The third kappa shape index (κ3) is 2.08. The Balaban J connectivity index is 1.85. The van der Waals surface area contributed by atoms with E-state index in [-0.39, 0.29) is 23.3 Å². The number of imidazole rings is 1. The molecular formula is C12H10N4O2S. The maximum absolute atomic E-state index is 12.2. The summed E-state index contributed by atoms with van der Waals surface area (Å²) in [4.78, 5) is 27.8. The number of aromatic nitrogens is 2. The molecule has 0 bridgehead atoms. The summed E-state index contributed by atoms with van der Waals surface area (Å²) in [6.45, 7) is 0. The lowest BCUT2D eigenvalue weighted by atomic mass is 10.2. The Bertz CT molecular complexity index is 694. The summed E-state index contributed by atoms with van der Waals surface area (Å²) in [6, 6.07) is 6.72. The molecule has 3 rings (SSSR count). The molecule has 1 saturated heterocycles. The zero-order valence-electron chi connectivity index (χ0n) is 9.79. The average molecular weight is 274 g/mol. The fourth-order valence-electron chi connectivity index (χ4n) is 2.03. The molecule has 1 aromatic carbocycles. The van der Waals surface area contributed by atoms with Gasteiger partial charge in [0.25, 0.3) is 0 Å². The maximum atomic E-state index is 12.2. The van der Waals surface area contributed by atoms with Gasteiger partial charge in [0.1, 0.15) is 12.4 Å². The normalized spacial score (nSPS) is 18.4. The van der Waals surface area contributed by atoms with Crippen LogP contribution in [0.15, 0.2) is 30.6 Å². The lowest BCUT2D eigenvalue weighted by Gasteiger charge is -2.07. The average Bonchev–Trinajstić information content (AvgIpc) is 2.93. The molecule has 1 aromatic heterocycles. The minimum atomic E-state index is -0.610. The maximum Gasteiger partial charge on any atom is 0.249 e. The van der Waals surface area contributed by atoms with Gasteiger partial charge in [-0.05, 0) is 24.4 Å². The minimum absolute atomic E-state index is 0.0341. The van der Waals surface area contributed by atoms with Gasteiger partial charge in [0.2, 0.25) is 11.8 Å². The molecule has 0 aliphatic carbocycles. The second-order valence-electron chi connectivity index (χ2n) is 4.22. The van der Waals surface area contributed by atoms with Gasteiger partial charge in [0, 0.05) is 0 Å². The zero-order valence-corrected chi connectivity index (χ0v) is 10.6. The Morgan fingerprint density at radius 1 is 1.42 bits per heavy atom. The lowest BCUT2D eigenvalue weighted by molar-refractivity contribution is -0.120. The monoisotopic (exact) mass is 274 g/mol. The second kappa shape index (κ2) is 4.43. The molecule has 0 radical (unpaired) electrons. The van der Waals surface area contributed by atoms with Crippen LogP contribution in [0, 0.1) is 0 Å². The van der Waals surface area contributed by atoms with Crippen molar-refractivity contribution in [1.82, 2.24) is 20.2 Å². The molecule has 7 heteroatoms. The number of amides is 1. The van der Waals surface area contributed by atoms with E-state index >= 15 is 0 Å². The van der Waals surface area contributed by atoms with E-state index in [9.17, 15) is 9.59 Å². The van der Waals surface area contributed by atoms with E-state index in [0.29, 0.717) is 0 Å². The van der Waals surface area contributed by atoms with E-state index in [1.807, 2.05) is 24.3 Å². The van der Waals surface area contributed by atoms with Gasteiger partial charge in [0.05, 0.1) is 17.5 Å². The van der Waals surface area contributed by atoms with E-state index in [2.05, 4.69) is 15.6 Å². The number of carbonyl (C=O) groups excluding carboxylic acids is 2. The van der Waals surface area contributed by atoms with Gasteiger partial charge >= 0.3 is 0 Å². The molecule has 2 heterocycles.